The summed E-state index contributed by atoms with van der Waals surface area (Å²) in [6.45, 7) is 9.75. The zero-order valence-electron chi connectivity index (χ0n) is 32.4. The molecule has 4 aliphatic rings. The molecule has 1 saturated heterocycles. The fraction of sp³-hybridized carbons (Fsp3) is 0.698. The largest absolute Gasteiger partial charge is 0.387 e. The maximum atomic E-state index is 15.3. The Morgan fingerprint density at radius 1 is 1.00 bits per heavy atom. The highest BCUT2D eigenvalue weighted by Crippen LogP contribution is 2.47. The van der Waals surface area contributed by atoms with Crippen LogP contribution < -0.4 is 0 Å². The Morgan fingerprint density at radius 3 is 2.34 bits per heavy atom. The Labute approximate surface area is 320 Å². The van der Waals surface area contributed by atoms with Crippen molar-refractivity contribution in [3.8, 4) is 0 Å². The van der Waals surface area contributed by atoms with Crippen LogP contribution in [0.3, 0.4) is 0 Å². The van der Waals surface area contributed by atoms with E-state index in [1.807, 2.05) is 45.9 Å². The molecule has 1 amide bonds. The Balaban J connectivity index is 1.48. The van der Waals surface area contributed by atoms with E-state index in [4.69, 9.17) is 16.4 Å². The molecule has 0 unspecified atom stereocenters. The Morgan fingerprint density at radius 2 is 1.72 bits per heavy atom. The lowest BCUT2D eigenvalue weighted by Gasteiger charge is -2.43. The molecule has 5 rings (SSSR count). The number of carbonyl (C=O) groups excluding carboxylic acids is 6. The van der Waals surface area contributed by atoms with Crippen molar-refractivity contribution in [1.29, 1.82) is 0 Å². The number of nitrogens with zero attached hydrogens (tertiary/aromatic N) is 2. The predicted molar refractivity (Wildman–Crippen MR) is 204 cm³/mol. The molecule has 1 aromatic rings. The number of rotatable bonds is 18. The summed E-state index contributed by atoms with van der Waals surface area (Å²) in [5, 5.41) is 5.00. The van der Waals surface area contributed by atoms with Crippen molar-refractivity contribution in [2.24, 2.45) is 40.2 Å². The second-order valence-corrected chi connectivity index (χ2v) is 17.8. The summed E-state index contributed by atoms with van der Waals surface area (Å²) in [5.74, 6) is -3.32. The second-order valence-electron chi connectivity index (χ2n) is 17.4. The molecule has 9 nitrogen and oxygen atoms in total. The normalized spacial score (nSPS) is 23.6. The molecule has 2 aliphatic carbocycles. The van der Waals surface area contributed by atoms with Gasteiger partial charge < -0.3 is 9.74 Å². The summed E-state index contributed by atoms with van der Waals surface area (Å²) in [5.41, 5.74) is -0.176. The van der Waals surface area contributed by atoms with E-state index < -0.39 is 46.4 Å². The van der Waals surface area contributed by atoms with Gasteiger partial charge in [0, 0.05) is 67.4 Å². The first-order valence-electron chi connectivity index (χ1n) is 20.1. The first-order valence-corrected chi connectivity index (χ1v) is 20.5. The van der Waals surface area contributed by atoms with Crippen LogP contribution in [-0.2, 0) is 33.6 Å². The fourth-order valence-corrected chi connectivity index (χ4v) is 9.22. The van der Waals surface area contributed by atoms with Crippen molar-refractivity contribution in [3.63, 3.8) is 0 Å². The number of oxime groups is 1. The molecule has 2 saturated carbocycles. The van der Waals surface area contributed by atoms with Gasteiger partial charge in [-0.2, -0.15) is 0 Å². The molecule has 10 heteroatoms. The van der Waals surface area contributed by atoms with E-state index in [9.17, 15) is 24.0 Å². The first kappa shape index (κ1) is 41.0. The average Bonchev–Trinajstić information content (AvgIpc) is 3.72. The highest BCUT2D eigenvalue weighted by Gasteiger charge is 2.57. The van der Waals surface area contributed by atoms with Crippen LogP contribution in [0.2, 0.25) is 5.02 Å². The van der Waals surface area contributed by atoms with Gasteiger partial charge in [-0.05, 0) is 61.5 Å². The first-order chi connectivity index (χ1) is 25.2. The zero-order valence-corrected chi connectivity index (χ0v) is 33.2. The molecule has 290 valence electrons. The van der Waals surface area contributed by atoms with Crippen LogP contribution in [0, 0.1) is 35.0 Å². The van der Waals surface area contributed by atoms with E-state index in [1.54, 1.807) is 17.9 Å². The molecule has 3 fully saturated rings. The summed E-state index contributed by atoms with van der Waals surface area (Å²) < 4.78 is 0. The van der Waals surface area contributed by atoms with E-state index in [1.165, 1.54) is 0 Å². The monoisotopic (exact) mass is 750 g/mol. The molecular weight excluding hydrogens is 692 g/mol. The third kappa shape index (κ3) is 10.1. The molecule has 0 radical (unpaired) electrons. The average molecular weight is 751 g/mol. The van der Waals surface area contributed by atoms with Gasteiger partial charge in [0.05, 0.1) is 24.2 Å². The number of benzene rings is 1. The van der Waals surface area contributed by atoms with Gasteiger partial charge in [-0.1, -0.05) is 89.2 Å². The van der Waals surface area contributed by atoms with Gasteiger partial charge >= 0.3 is 0 Å². The minimum Gasteiger partial charge on any atom is -0.387 e. The van der Waals surface area contributed by atoms with Crippen LogP contribution >= 0.6 is 11.6 Å². The van der Waals surface area contributed by atoms with Crippen molar-refractivity contribution >= 4 is 52.1 Å². The van der Waals surface area contributed by atoms with Gasteiger partial charge in [0.1, 0.15) is 11.6 Å². The number of Topliss-reactive ketones (excluding diaryl/α,β-unsaturated/α-hetero) is 5. The maximum Gasteiger partial charge on any atom is 0.227 e. The third-order valence-corrected chi connectivity index (χ3v) is 12.3. The number of halogens is 1. The summed E-state index contributed by atoms with van der Waals surface area (Å²) in [6.07, 6.45) is 8.87. The SMILES string of the molecule is CCC[C@H](CC(=O)[C@@H]1C[C@]2(CC(c3cccc(Cl)c3)=NO2)CN1C(=O)[C@@H]([C@@H](C(=O)CCC(=O)CC)C1CCCCC1)C(C)(C)C)C(=O)C(=O)CC1CC1. The summed E-state index contributed by atoms with van der Waals surface area (Å²) in [7, 11) is 0. The molecule has 2 heterocycles. The minimum atomic E-state index is -0.986. The van der Waals surface area contributed by atoms with Crippen molar-refractivity contribution in [2.45, 2.75) is 149 Å². The van der Waals surface area contributed by atoms with Crippen molar-refractivity contribution in [3.05, 3.63) is 34.9 Å². The van der Waals surface area contributed by atoms with E-state index in [0.717, 1.165) is 50.5 Å². The van der Waals surface area contributed by atoms with Crippen LogP contribution in [0.25, 0.3) is 0 Å². The summed E-state index contributed by atoms with van der Waals surface area (Å²) in [6, 6.07) is 6.40. The third-order valence-electron chi connectivity index (χ3n) is 12.1. The van der Waals surface area contributed by atoms with Crippen molar-refractivity contribution < 1.29 is 33.6 Å². The molecule has 1 aromatic carbocycles. The van der Waals surface area contributed by atoms with Gasteiger partial charge in [0.15, 0.2) is 17.2 Å². The van der Waals surface area contributed by atoms with Crippen molar-refractivity contribution in [1.82, 2.24) is 4.90 Å². The Hall–Kier alpha value is -3.20. The number of carbonyl (C=O) groups is 6. The number of hydrogen-bond acceptors (Lipinski definition) is 8. The molecule has 5 atom stereocenters. The van der Waals surface area contributed by atoms with E-state index in [0.29, 0.717) is 36.4 Å². The molecule has 0 bridgehead atoms. The lowest BCUT2D eigenvalue weighted by atomic mass is 9.63. The summed E-state index contributed by atoms with van der Waals surface area (Å²) >= 11 is 6.31. The fourth-order valence-electron chi connectivity index (χ4n) is 9.03. The smallest absolute Gasteiger partial charge is 0.227 e. The summed E-state index contributed by atoms with van der Waals surface area (Å²) in [4.78, 5) is 90.8. The maximum absolute atomic E-state index is 15.3. The number of ketones is 5. The molecular formula is C43H59ClN2O7. The van der Waals surface area contributed by atoms with Crippen LogP contribution in [0.1, 0.15) is 143 Å². The zero-order chi connectivity index (χ0) is 38.5. The van der Waals surface area contributed by atoms with Crippen LogP contribution in [0.5, 0.6) is 0 Å². The highest BCUT2D eigenvalue weighted by molar-refractivity contribution is 6.38. The minimum absolute atomic E-state index is 0.00333. The van der Waals surface area contributed by atoms with Crippen LogP contribution in [0.15, 0.2) is 29.4 Å². The molecule has 0 aromatic heterocycles. The number of likely N-dealkylation sites (tertiary alicyclic amines) is 1. The lowest BCUT2D eigenvalue weighted by molar-refractivity contribution is -0.152. The quantitative estimate of drug-likeness (QED) is 0.138. The van der Waals surface area contributed by atoms with Gasteiger partial charge in [0.2, 0.25) is 11.7 Å². The van der Waals surface area contributed by atoms with Gasteiger partial charge in [-0.3, -0.25) is 28.8 Å². The Kier molecular flexibility index (Phi) is 13.5. The topological polar surface area (TPSA) is 127 Å². The standard InChI is InChI=1S/C43H59ClN2O7/c1-6-12-30(40(51)37(50)21-27-17-18-27)23-36(49)34-25-43(24-33(45-53-43)29-15-11-16-31(44)22-29)26-46(34)41(52)39(42(3,4)5)38(28-13-9-8-10-14-28)35(48)20-19-32(47)7-2/h11,15-16,22,27-28,30,34,38-39H,6-10,12-14,17-21,23-26H2,1-5H3/t30-,34+,38-,39-,43-/m1/s1. The Bertz CT molecular complexity index is 1590. The number of hydrogen-bond donors (Lipinski definition) is 0. The second kappa shape index (κ2) is 17.5. The molecule has 1 spiro atoms. The van der Waals surface area contributed by atoms with Gasteiger partial charge in [-0.25, -0.2) is 0 Å². The highest BCUT2D eigenvalue weighted by atomic mass is 35.5. The predicted octanol–water partition coefficient (Wildman–Crippen LogP) is 8.31. The van der Waals surface area contributed by atoms with E-state index in [-0.39, 0.29) is 73.7 Å². The lowest BCUT2D eigenvalue weighted by Crippen LogP contribution is -2.52. The van der Waals surface area contributed by atoms with Crippen LogP contribution in [0.4, 0.5) is 0 Å². The van der Waals surface area contributed by atoms with Gasteiger partial charge in [-0.15, -0.1) is 0 Å². The van der Waals surface area contributed by atoms with E-state index >= 15 is 4.79 Å². The van der Waals surface area contributed by atoms with Crippen LogP contribution in [-0.4, -0.2) is 63.6 Å². The molecule has 0 N–H and O–H groups in total. The van der Waals surface area contributed by atoms with Gasteiger partial charge in [0.25, 0.3) is 0 Å². The molecule has 53 heavy (non-hydrogen) atoms. The molecule has 2 aliphatic heterocycles. The van der Waals surface area contributed by atoms with Crippen molar-refractivity contribution in [2.75, 3.05) is 6.54 Å². The number of amides is 1. The van der Waals surface area contributed by atoms with E-state index in [2.05, 4.69) is 5.16 Å².